The van der Waals surface area contributed by atoms with Crippen LogP contribution in [0.3, 0.4) is 0 Å². The average Bonchev–Trinajstić information content (AvgIpc) is 3.14. The lowest BCUT2D eigenvalue weighted by Crippen LogP contribution is -2.30. The van der Waals surface area contributed by atoms with Crippen LogP contribution in [-0.4, -0.2) is 23.5 Å². The molecule has 21 heavy (non-hydrogen) atoms. The number of rotatable bonds is 6. The zero-order chi connectivity index (χ0) is 14.8. The Morgan fingerprint density at radius 1 is 1.57 bits per heavy atom. The second kappa shape index (κ2) is 6.46. The van der Waals surface area contributed by atoms with Crippen molar-refractivity contribution in [1.82, 2.24) is 15.2 Å². The molecule has 0 fully saturated rings. The molecule has 1 aliphatic carbocycles. The molecule has 114 valence electrons. The number of nitrogens with one attached hydrogen (secondary N) is 1. The molecule has 3 rings (SSSR count). The number of fused-ring (bicyclic) bond motifs is 1. The number of nitrogens with two attached hydrogens (primary N) is 1. The molecular formula is C14H19ClN4OS. The van der Waals surface area contributed by atoms with Gasteiger partial charge in [0.15, 0.2) is 0 Å². The van der Waals surface area contributed by atoms with Gasteiger partial charge in [0.2, 0.25) is 0 Å². The maximum absolute atomic E-state index is 6.33. The smallest absolute Gasteiger partial charge is 0.0985 e. The lowest BCUT2D eigenvalue weighted by atomic mass is 10.1. The zero-order valence-electron chi connectivity index (χ0n) is 11.9. The van der Waals surface area contributed by atoms with Crippen LogP contribution in [0.25, 0.3) is 0 Å². The maximum atomic E-state index is 6.33. The first-order valence-corrected chi connectivity index (χ1v) is 8.21. The number of hydrogen-bond acceptors (Lipinski definition) is 5. The van der Waals surface area contributed by atoms with Crippen LogP contribution in [-0.2, 0) is 24.1 Å². The van der Waals surface area contributed by atoms with Crippen LogP contribution in [0.15, 0.2) is 12.3 Å². The van der Waals surface area contributed by atoms with Crippen molar-refractivity contribution >= 4 is 22.9 Å². The summed E-state index contributed by atoms with van der Waals surface area (Å²) in [6.07, 6.45) is 5.26. The van der Waals surface area contributed by atoms with Crippen LogP contribution in [0, 0.1) is 0 Å². The van der Waals surface area contributed by atoms with E-state index in [1.807, 2.05) is 16.0 Å². The molecule has 1 atom stereocenters. The van der Waals surface area contributed by atoms with Gasteiger partial charge in [0.05, 0.1) is 36.1 Å². The molecule has 0 amide bonds. The van der Waals surface area contributed by atoms with E-state index in [2.05, 4.69) is 16.6 Å². The Morgan fingerprint density at radius 2 is 2.43 bits per heavy atom. The van der Waals surface area contributed by atoms with Gasteiger partial charge < -0.3 is 4.74 Å². The molecular weight excluding hydrogens is 308 g/mol. The van der Waals surface area contributed by atoms with Crippen LogP contribution in [0.5, 0.6) is 0 Å². The van der Waals surface area contributed by atoms with Crippen LogP contribution in [0.4, 0.5) is 0 Å². The molecule has 2 aromatic rings. The summed E-state index contributed by atoms with van der Waals surface area (Å²) in [5, 5.41) is 4.95. The van der Waals surface area contributed by atoms with E-state index in [1.54, 1.807) is 13.3 Å². The Balaban J connectivity index is 1.93. The summed E-state index contributed by atoms with van der Waals surface area (Å²) in [7, 11) is 1.67. The number of hydrazine groups is 1. The van der Waals surface area contributed by atoms with E-state index in [9.17, 15) is 0 Å². The van der Waals surface area contributed by atoms with Crippen molar-refractivity contribution in [3.8, 4) is 0 Å². The molecule has 1 unspecified atom stereocenters. The summed E-state index contributed by atoms with van der Waals surface area (Å²) in [4.78, 5) is 2.67. The predicted octanol–water partition coefficient (Wildman–Crippen LogP) is 2.29. The third-order valence-electron chi connectivity index (χ3n) is 3.83. The molecule has 0 aromatic carbocycles. The Bertz CT molecular complexity index is 603. The van der Waals surface area contributed by atoms with E-state index in [-0.39, 0.29) is 6.04 Å². The zero-order valence-corrected chi connectivity index (χ0v) is 13.5. The minimum atomic E-state index is -0.132. The second-order valence-electron chi connectivity index (χ2n) is 5.14. The van der Waals surface area contributed by atoms with E-state index < -0.39 is 0 Å². The van der Waals surface area contributed by atoms with Gasteiger partial charge in [0, 0.05) is 16.9 Å². The van der Waals surface area contributed by atoms with Gasteiger partial charge in [0.25, 0.3) is 0 Å². The van der Waals surface area contributed by atoms with Gasteiger partial charge in [-0.3, -0.25) is 10.5 Å². The number of aryl methyl sites for hydroxylation is 2. The molecule has 0 bridgehead atoms. The molecule has 0 saturated heterocycles. The standard InChI is InChI=1S/C14H19ClN4OS/c1-20-6-5-19-14(10(15)8-17-19)13(18-16)12-7-9-3-2-4-11(9)21-12/h7-8,13,18H,2-6,16H2,1H3. The second-order valence-corrected chi connectivity index (χ2v) is 6.72. The predicted molar refractivity (Wildman–Crippen MR) is 84.6 cm³/mol. The number of halogens is 1. The van der Waals surface area contributed by atoms with Gasteiger partial charge >= 0.3 is 0 Å². The molecule has 3 N–H and O–H groups in total. The third-order valence-corrected chi connectivity index (χ3v) is 5.42. The number of aromatic nitrogens is 2. The molecule has 2 aromatic heterocycles. The molecule has 5 nitrogen and oxygen atoms in total. The summed E-state index contributed by atoms with van der Waals surface area (Å²) in [5.74, 6) is 5.81. The average molecular weight is 327 g/mol. The van der Waals surface area contributed by atoms with Gasteiger partial charge in [-0.15, -0.1) is 11.3 Å². The fourth-order valence-electron chi connectivity index (χ4n) is 2.80. The summed E-state index contributed by atoms with van der Waals surface area (Å²) in [5.41, 5.74) is 5.24. The monoisotopic (exact) mass is 326 g/mol. The van der Waals surface area contributed by atoms with Crippen molar-refractivity contribution in [3.63, 3.8) is 0 Å². The number of methoxy groups -OCH3 is 1. The largest absolute Gasteiger partial charge is 0.383 e. The highest BCUT2D eigenvalue weighted by atomic mass is 35.5. The fraction of sp³-hybridized carbons (Fsp3) is 0.500. The van der Waals surface area contributed by atoms with Crippen LogP contribution >= 0.6 is 22.9 Å². The minimum Gasteiger partial charge on any atom is -0.383 e. The highest BCUT2D eigenvalue weighted by molar-refractivity contribution is 7.12. The van der Waals surface area contributed by atoms with Crippen molar-refractivity contribution in [2.75, 3.05) is 13.7 Å². The Labute approximate surface area is 133 Å². The maximum Gasteiger partial charge on any atom is 0.0985 e. The van der Waals surface area contributed by atoms with Crippen molar-refractivity contribution < 1.29 is 4.74 Å². The molecule has 0 aliphatic heterocycles. The lowest BCUT2D eigenvalue weighted by Gasteiger charge is -2.17. The third kappa shape index (κ3) is 2.86. The fourth-order valence-corrected chi connectivity index (χ4v) is 4.38. The van der Waals surface area contributed by atoms with Crippen LogP contribution in [0.1, 0.15) is 33.5 Å². The minimum absolute atomic E-state index is 0.132. The van der Waals surface area contributed by atoms with E-state index in [0.717, 1.165) is 5.69 Å². The SMILES string of the molecule is COCCn1ncc(Cl)c1C(NN)c1cc2c(s1)CCC2. The quantitative estimate of drug-likeness (QED) is 0.631. The number of ether oxygens (including phenoxy) is 1. The summed E-state index contributed by atoms with van der Waals surface area (Å²) in [6.45, 7) is 1.24. The number of thiophene rings is 1. The summed E-state index contributed by atoms with van der Waals surface area (Å²) < 4.78 is 6.99. The van der Waals surface area contributed by atoms with Crippen molar-refractivity contribution in [2.24, 2.45) is 5.84 Å². The molecule has 0 saturated carbocycles. The summed E-state index contributed by atoms with van der Waals surface area (Å²) >= 11 is 8.15. The molecule has 0 radical (unpaired) electrons. The van der Waals surface area contributed by atoms with Gasteiger partial charge in [-0.2, -0.15) is 5.10 Å². The van der Waals surface area contributed by atoms with Crippen LogP contribution < -0.4 is 11.3 Å². The molecule has 7 heteroatoms. The van der Waals surface area contributed by atoms with Crippen LogP contribution in [0.2, 0.25) is 5.02 Å². The van der Waals surface area contributed by atoms with Crippen molar-refractivity contribution in [3.05, 3.63) is 38.3 Å². The van der Waals surface area contributed by atoms with Gasteiger partial charge in [0.1, 0.15) is 0 Å². The van der Waals surface area contributed by atoms with Gasteiger partial charge in [-0.1, -0.05) is 11.6 Å². The van der Waals surface area contributed by atoms with Gasteiger partial charge in [-0.05, 0) is 30.9 Å². The number of nitrogens with zero attached hydrogens (tertiary/aromatic N) is 2. The first kappa shape index (κ1) is 15.0. The van der Waals surface area contributed by atoms with Crippen molar-refractivity contribution in [1.29, 1.82) is 0 Å². The molecule has 1 aliphatic rings. The van der Waals surface area contributed by atoms with E-state index in [0.29, 0.717) is 18.2 Å². The first-order chi connectivity index (χ1) is 10.2. The number of hydrogen-bond donors (Lipinski definition) is 2. The van der Waals surface area contributed by atoms with Gasteiger partial charge in [-0.25, -0.2) is 5.43 Å². The van der Waals surface area contributed by atoms with E-state index >= 15 is 0 Å². The molecule has 2 heterocycles. The highest BCUT2D eigenvalue weighted by Gasteiger charge is 2.25. The van der Waals surface area contributed by atoms with E-state index in [4.69, 9.17) is 22.2 Å². The van der Waals surface area contributed by atoms with E-state index in [1.165, 1.54) is 34.6 Å². The molecule has 0 spiro atoms. The first-order valence-electron chi connectivity index (χ1n) is 7.02. The highest BCUT2D eigenvalue weighted by Crippen LogP contribution is 2.37. The lowest BCUT2D eigenvalue weighted by molar-refractivity contribution is 0.182. The Morgan fingerprint density at radius 3 is 3.14 bits per heavy atom. The Hall–Kier alpha value is -0.920. The normalized spacial score (nSPS) is 15.4. The topological polar surface area (TPSA) is 65.1 Å². The van der Waals surface area contributed by atoms with Crippen molar-refractivity contribution in [2.45, 2.75) is 31.8 Å². The Kier molecular flexibility index (Phi) is 4.61. The summed E-state index contributed by atoms with van der Waals surface area (Å²) in [6, 6.07) is 2.12.